The SMILES string of the molecule is Cc1cccc(=O)n1C(=O)c1cc(-c2ccccc2)cc(-c2ccccc2)n1. The molecule has 4 nitrogen and oxygen atoms in total. The number of pyridine rings is 2. The molecule has 2 aromatic carbocycles. The number of aromatic nitrogens is 2. The Morgan fingerprint density at radius 1 is 0.750 bits per heavy atom. The Bertz CT molecular complexity index is 1140. The maximum atomic E-state index is 13.2. The number of nitrogens with zero attached hydrogens (tertiary/aromatic N) is 2. The fraction of sp³-hybridized carbons (Fsp3) is 0.0417. The molecule has 4 heteroatoms. The van der Waals surface area contributed by atoms with Crippen LogP contribution in [0.2, 0.25) is 0 Å². The minimum Gasteiger partial charge on any atom is -0.269 e. The van der Waals surface area contributed by atoms with Crippen LogP contribution in [-0.2, 0) is 0 Å². The lowest BCUT2D eigenvalue weighted by atomic mass is 10.0. The fourth-order valence-corrected chi connectivity index (χ4v) is 3.16. The van der Waals surface area contributed by atoms with Crippen LogP contribution in [-0.4, -0.2) is 15.5 Å². The van der Waals surface area contributed by atoms with Gasteiger partial charge in [-0.3, -0.25) is 9.59 Å². The molecule has 2 heterocycles. The molecule has 0 aliphatic carbocycles. The molecule has 0 amide bonds. The van der Waals surface area contributed by atoms with Gasteiger partial charge in [0.1, 0.15) is 5.69 Å². The second-order valence-corrected chi connectivity index (χ2v) is 6.50. The van der Waals surface area contributed by atoms with Gasteiger partial charge in [-0.05, 0) is 36.2 Å². The highest BCUT2D eigenvalue weighted by molar-refractivity contribution is 5.96. The number of carbonyl (C=O) groups is 1. The van der Waals surface area contributed by atoms with E-state index in [0.29, 0.717) is 11.4 Å². The van der Waals surface area contributed by atoms with Crippen LogP contribution in [0.15, 0.2) is 95.8 Å². The van der Waals surface area contributed by atoms with Gasteiger partial charge in [-0.15, -0.1) is 0 Å². The molecule has 0 N–H and O–H groups in total. The highest BCUT2D eigenvalue weighted by Gasteiger charge is 2.17. The second-order valence-electron chi connectivity index (χ2n) is 6.50. The Kier molecular flexibility index (Phi) is 4.68. The van der Waals surface area contributed by atoms with Gasteiger partial charge in [0.15, 0.2) is 0 Å². The summed E-state index contributed by atoms with van der Waals surface area (Å²) in [6.07, 6.45) is 0. The topological polar surface area (TPSA) is 52.0 Å². The minimum absolute atomic E-state index is 0.233. The predicted octanol–water partition coefficient (Wildman–Crippen LogP) is 4.57. The molecule has 0 aliphatic heterocycles. The summed E-state index contributed by atoms with van der Waals surface area (Å²) < 4.78 is 1.16. The van der Waals surface area contributed by atoms with Gasteiger partial charge in [0.05, 0.1) is 5.69 Å². The van der Waals surface area contributed by atoms with Gasteiger partial charge < -0.3 is 0 Å². The van der Waals surface area contributed by atoms with Crippen molar-refractivity contribution in [3.63, 3.8) is 0 Å². The number of carbonyl (C=O) groups excluding carboxylic acids is 1. The van der Waals surface area contributed by atoms with Crippen molar-refractivity contribution < 1.29 is 4.79 Å². The van der Waals surface area contributed by atoms with Gasteiger partial charge in [-0.25, -0.2) is 9.55 Å². The number of hydrogen-bond acceptors (Lipinski definition) is 3. The summed E-state index contributed by atoms with van der Waals surface area (Å²) >= 11 is 0. The predicted molar refractivity (Wildman–Crippen MR) is 110 cm³/mol. The first-order valence-electron chi connectivity index (χ1n) is 9.00. The summed E-state index contributed by atoms with van der Waals surface area (Å²) in [6, 6.07) is 28.0. The zero-order valence-electron chi connectivity index (χ0n) is 15.4. The number of aryl methyl sites for hydroxylation is 1. The summed E-state index contributed by atoms with van der Waals surface area (Å²) in [7, 11) is 0. The van der Waals surface area contributed by atoms with Gasteiger partial charge in [0.2, 0.25) is 0 Å². The van der Waals surface area contributed by atoms with Crippen LogP contribution in [0.4, 0.5) is 0 Å². The van der Waals surface area contributed by atoms with E-state index < -0.39 is 5.91 Å². The van der Waals surface area contributed by atoms with Crippen LogP contribution in [0.5, 0.6) is 0 Å². The van der Waals surface area contributed by atoms with Crippen LogP contribution in [0.25, 0.3) is 22.4 Å². The zero-order valence-corrected chi connectivity index (χ0v) is 15.4. The molecule has 4 aromatic rings. The van der Waals surface area contributed by atoms with E-state index in [1.807, 2.05) is 66.7 Å². The molecule has 136 valence electrons. The molecule has 28 heavy (non-hydrogen) atoms. The van der Waals surface area contributed by atoms with Crippen molar-refractivity contribution in [3.05, 3.63) is 113 Å². The van der Waals surface area contributed by atoms with Crippen LogP contribution in [0.3, 0.4) is 0 Å². The maximum absolute atomic E-state index is 13.2. The summed E-state index contributed by atoms with van der Waals surface area (Å²) in [5.41, 5.74) is 3.89. The van der Waals surface area contributed by atoms with Crippen LogP contribution >= 0.6 is 0 Å². The zero-order chi connectivity index (χ0) is 19.5. The smallest absolute Gasteiger partial charge is 0.269 e. The van der Waals surface area contributed by atoms with Crippen LogP contribution < -0.4 is 5.56 Å². The Hall–Kier alpha value is -3.79. The van der Waals surface area contributed by atoms with Crippen LogP contribution in [0, 0.1) is 6.92 Å². The Morgan fingerprint density at radius 3 is 2.04 bits per heavy atom. The van der Waals surface area contributed by atoms with Crippen molar-refractivity contribution in [1.82, 2.24) is 9.55 Å². The third-order valence-corrected chi connectivity index (χ3v) is 4.57. The second kappa shape index (κ2) is 7.45. The summed E-state index contributed by atoms with van der Waals surface area (Å²) in [4.78, 5) is 30.0. The lowest BCUT2D eigenvalue weighted by Crippen LogP contribution is -2.29. The van der Waals surface area contributed by atoms with Gasteiger partial charge in [-0.2, -0.15) is 0 Å². The number of rotatable bonds is 3. The van der Waals surface area contributed by atoms with Crippen molar-refractivity contribution in [2.75, 3.05) is 0 Å². The van der Waals surface area contributed by atoms with Crippen molar-refractivity contribution in [2.45, 2.75) is 6.92 Å². The van der Waals surface area contributed by atoms with Crippen molar-refractivity contribution in [3.8, 4) is 22.4 Å². The van der Waals surface area contributed by atoms with Gasteiger partial charge in [-0.1, -0.05) is 66.7 Å². The first-order valence-corrected chi connectivity index (χ1v) is 9.00. The third kappa shape index (κ3) is 3.40. The molecule has 0 radical (unpaired) electrons. The highest BCUT2D eigenvalue weighted by atomic mass is 16.2. The van der Waals surface area contributed by atoms with E-state index >= 15 is 0 Å². The molecule has 2 aromatic heterocycles. The molecule has 0 spiro atoms. The lowest BCUT2D eigenvalue weighted by molar-refractivity contribution is 0.0949. The lowest BCUT2D eigenvalue weighted by Gasteiger charge is -2.11. The molecule has 0 atom stereocenters. The Morgan fingerprint density at radius 2 is 1.39 bits per heavy atom. The number of benzene rings is 2. The van der Waals surface area contributed by atoms with E-state index in [9.17, 15) is 9.59 Å². The molecule has 0 unspecified atom stereocenters. The van der Waals surface area contributed by atoms with E-state index in [-0.39, 0.29) is 11.3 Å². The molecular weight excluding hydrogens is 348 g/mol. The molecule has 4 rings (SSSR count). The first kappa shape index (κ1) is 17.6. The van der Waals surface area contributed by atoms with Gasteiger partial charge in [0.25, 0.3) is 11.5 Å². The highest BCUT2D eigenvalue weighted by Crippen LogP contribution is 2.26. The molecule has 0 saturated heterocycles. The molecule has 0 saturated carbocycles. The number of hydrogen-bond donors (Lipinski definition) is 0. The Balaban J connectivity index is 1.92. The van der Waals surface area contributed by atoms with E-state index in [2.05, 4.69) is 4.98 Å². The minimum atomic E-state index is -0.432. The largest absolute Gasteiger partial charge is 0.283 e. The third-order valence-electron chi connectivity index (χ3n) is 4.57. The van der Waals surface area contributed by atoms with E-state index in [1.165, 1.54) is 6.07 Å². The van der Waals surface area contributed by atoms with Crippen LogP contribution in [0.1, 0.15) is 16.2 Å². The average molecular weight is 366 g/mol. The summed E-state index contributed by atoms with van der Waals surface area (Å²) in [5.74, 6) is -0.432. The maximum Gasteiger partial charge on any atom is 0.283 e. The average Bonchev–Trinajstić information content (AvgIpc) is 2.74. The van der Waals surface area contributed by atoms with Crippen molar-refractivity contribution >= 4 is 5.91 Å². The molecular formula is C24H18N2O2. The standard InChI is InChI=1S/C24H18N2O2/c1-17-9-8-14-23(27)26(17)24(28)22-16-20(18-10-4-2-5-11-18)15-21(25-22)19-12-6-3-7-13-19/h2-16H,1H3. The fourth-order valence-electron chi connectivity index (χ4n) is 3.16. The quantitative estimate of drug-likeness (QED) is 0.533. The van der Waals surface area contributed by atoms with E-state index in [0.717, 1.165) is 21.3 Å². The Labute approximate surface area is 162 Å². The van der Waals surface area contributed by atoms with Gasteiger partial charge >= 0.3 is 0 Å². The molecule has 0 aliphatic rings. The molecule has 0 fully saturated rings. The van der Waals surface area contributed by atoms with E-state index in [1.54, 1.807) is 25.1 Å². The first-order chi connectivity index (χ1) is 13.6. The summed E-state index contributed by atoms with van der Waals surface area (Å²) in [5, 5.41) is 0. The monoisotopic (exact) mass is 366 g/mol. The summed E-state index contributed by atoms with van der Waals surface area (Å²) in [6.45, 7) is 1.73. The molecule has 0 bridgehead atoms. The van der Waals surface area contributed by atoms with E-state index in [4.69, 9.17) is 0 Å². The van der Waals surface area contributed by atoms with Crippen molar-refractivity contribution in [1.29, 1.82) is 0 Å². The van der Waals surface area contributed by atoms with Gasteiger partial charge in [0, 0.05) is 17.3 Å². The van der Waals surface area contributed by atoms with Crippen molar-refractivity contribution in [2.24, 2.45) is 0 Å². The normalized spacial score (nSPS) is 10.6.